The molecule has 0 saturated carbocycles. The van der Waals surface area contributed by atoms with Crippen LogP contribution in [0.4, 0.5) is 9.18 Å². The molecular formula is C37H56FN3O12. The first-order valence-electron chi connectivity index (χ1n) is 17.5. The Morgan fingerprint density at radius 3 is 2.00 bits per heavy atom. The van der Waals surface area contributed by atoms with Gasteiger partial charge in [0.15, 0.2) is 11.5 Å². The van der Waals surface area contributed by atoms with Crippen LogP contribution in [0.1, 0.15) is 44.4 Å². The molecule has 3 rings (SSSR count). The number of nitrogens with two attached hydrogens (primary N) is 1. The van der Waals surface area contributed by atoms with Crippen molar-refractivity contribution < 1.29 is 62.9 Å². The Bertz CT molecular complexity index is 1430. The van der Waals surface area contributed by atoms with Crippen molar-refractivity contribution in [2.45, 2.75) is 53.5 Å². The Morgan fingerprint density at radius 1 is 0.887 bits per heavy atom. The van der Waals surface area contributed by atoms with E-state index < -0.39 is 37.2 Å². The van der Waals surface area contributed by atoms with E-state index in [-0.39, 0.29) is 23.3 Å². The molecule has 0 radical (unpaired) electrons. The highest BCUT2D eigenvalue weighted by atomic mass is 19.1. The molecule has 1 saturated heterocycles. The zero-order valence-corrected chi connectivity index (χ0v) is 31.8. The van der Waals surface area contributed by atoms with E-state index in [0.717, 1.165) is 11.1 Å². The Balaban J connectivity index is 0.000000869. The molecule has 1 fully saturated rings. The number of hydrogen-bond donors (Lipinski definition) is 3. The molecule has 0 bridgehead atoms. The van der Waals surface area contributed by atoms with Crippen LogP contribution in [-0.2, 0) is 55.7 Å². The predicted molar refractivity (Wildman–Crippen MR) is 194 cm³/mol. The summed E-state index contributed by atoms with van der Waals surface area (Å²) in [7, 11) is 2.24. The van der Waals surface area contributed by atoms with Gasteiger partial charge in [-0.25, -0.2) is 9.59 Å². The van der Waals surface area contributed by atoms with Gasteiger partial charge in [0.2, 0.25) is 5.91 Å². The van der Waals surface area contributed by atoms with Gasteiger partial charge in [0.05, 0.1) is 48.2 Å². The minimum atomic E-state index is -1.00. The van der Waals surface area contributed by atoms with Crippen LogP contribution in [0.2, 0.25) is 0 Å². The molecule has 2 aromatic carbocycles. The molecule has 4 N–H and O–H groups in total. The quantitative estimate of drug-likeness (QED) is 0.0869. The molecule has 298 valence electrons. The maximum atomic E-state index is 12.2. The van der Waals surface area contributed by atoms with Crippen LogP contribution in [0.3, 0.4) is 0 Å². The summed E-state index contributed by atoms with van der Waals surface area (Å²) in [5, 5.41) is 5.28. The second-order valence-electron chi connectivity index (χ2n) is 11.4. The van der Waals surface area contributed by atoms with Crippen molar-refractivity contribution in [2.75, 3.05) is 74.1 Å². The van der Waals surface area contributed by atoms with Crippen LogP contribution in [-0.4, -0.2) is 110 Å². The van der Waals surface area contributed by atoms with Gasteiger partial charge in [-0.05, 0) is 54.7 Å². The molecule has 2 aromatic rings. The van der Waals surface area contributed by atoms with Crippen LogP contribution in [0, 0.1) is 19.8 Å². The van der Waals surface area contributed by atoms with E-state index in [1.807, 2.05) is 32.0 Å². The Hall–Kier alpha value is -4.48. The lowest BCUT2D eigenvalue weighted by Crippen LogP contribution is -2.33. The minimum Gasteiger partial charge on any atom is -0.423 e. The maximum absolute atomic E-state index is 12.2. The number of methoxy groups -OCH3 is 2. The van der Waals surface area contributed by atoms with Crippen molar-refractivity contribution in [3.8, 4) is 11.5 Å². The van der Waals surface area contributed by atoms with E-state index in [4.69, 9.17) is 35.5 Å². The third kappa shape index (κ3) is 22.3. The van der Waals surface area contributed by atoms with Crippen LogP contribution < -0.4 is 25.8 Å². The number of nitrogens with one attached hydrogen (secondary N) is 2. The van der Waals surface area contributed by atoms with E-state index in [1.165, 1.54) is 25.0 Å². The molecule has 0 aliphatic carbocycles. The molecule has 0 aromatic heterocycles. The van der Waals surface area contributed by atoms with Gasteiger partial charge >= 0.3 is 24.0 Å². The number of esters is 3. The second-order valence-corrected chi connectivity index (χ2v) is 11.4. The highest BCUT2D eigenvalue weighted by Crippen LogP contribution is 2.30. The van der Waals surface area contributed by atoms with Gasteiger partial charge in [0, 0.05) is 53.5 Å². The highest BCUT2D eigenvalue weighted by molar-refractivity contribution is 5.95. The molecule has 15 nitrogen and oxygen atoms in total. The molecule has 2 atom stereocenters. The number of amides is 2. The van der Waals surface area contributed by atoms with E-state index in [2.05, 4.69) is 15.4 Å². The zero-order valence-electron chi connectivity index (χ0n) is 32.8. The fourth-order valence-electron chi connectivity index (χ4n) is 4.29. The summed E-state index contributed by atoms with van der Waals surface area (Å²) >= 11 is 0. The molecule has 2 amide bonds. The molecule has 0 spiro atoms. The van der Waals surface area contributed by atoms with Crippen molar-refractivity contribution in [2.24, 2.45) is 11.7 Å². The summed E-state index contributed by atoms with van der Waals surface area (Å²) in [5.74, 6) is -1.64. The molecule has 1 aliphatic rings. The highest BCUT2D eigenvalue weighted by Gasteiger charge is 2.32. The number of alkyl carbamates (subject to hydrolysis) is 1. The van der Waals surface area contributed by atoms with Crippen molar-refractivity contribution in [3.63, 3.8) is 0 Å². The normalized spacial score (nSPS) is 13.6. The van der Waals surface area contributed by atoms with Gasteiger partial charge in [0.1, 0.15) is 6.04 Å². The number of aryl methyl sites for hydroxylation is 2. The molecule has 16 heteroatoms. The van der Waals surface area contributed by atoms with Crippen molar-refractivity contribution in [3.05, 3.63) is 58.7 Å². The maximum Gasteiger partial charge on any atom is 0.415 e. The predicted octanol–water partition coefficient (Wildman–Crippen LogP) is 3.17. The zero-order chi connectivity index (χ0) is 40.9. The average molecular weight is 755 g/mol. The minimum absolute atomic E-state index is 0.108. The molecular weight excluding hydrogens is 697 g/mol. The van der Waals surface area contributed by atoms with Crippen molar-refractivity contribution >= 4 is 29.9 Å². The number of carbonyl (C=O) groups excluding carboxylic acids is 5. The van der Waals surface area contributed by atoms with Crippen LogP contribution in [0.5, 0.6) is 11.5 Å². The van der Waals surface area contributed by atoms with E-state index >= 15 is 0 Å². The number of benzene rings is 2. The molecule has 53 heavy (non-hydrogen) atoms. The summed E-state index contributed by atoms with van der Waals surface area (Å²) in [6.07, 6.45) is 0.260. The second kappa shape index (κ2) is 29.0. The van der Waals surface area contributed by atoms with Gasteiger partial charge in [-0.15, -0.1) is 0 Å². The number of carbonyl (C=O) groups is 5. The number of cyclic esters (lactones) is 2. The number of halogens is 1. The van der Waals surface area contributed by atoms with Gasteiger partial charge in [-0.3, -0.25) is 18.8 Å². The van der Waals surface area contributed by atoms with E-state index in [9.17, 15) is 28.4 Å². The van der Waals surface area contributed by atoms with Crippen molar-refractivity contribution in [1.29, 1.82) is 0 Å². The summed E-state index contributed by atoms with van der Waals surface area (Å²) in [6.45, 7) is 12.7. The lowest BCUT2D eigenvalue weighted by atomic mass is 10.00. The van der Waals surface area contributed by atoms with Crippen LogP contribution in [0.25, 0.3) is 0 Å². The lowest BCUT2D eigenvalue weighted by Gasteiger charge is -2.14. The largest absolute Gasteiger partial charge is 0.423 e. The summed E-state index contributed by atoms with van der Waals surface area (Å²) in [5.41, 5.74) is 9.33. The third-order valence-corrected chi connectivity index (χ3v) is 6.96. The van der Waals surface area contributed by atoms with Crippen LogP contribution >= 0.6 is 0 Å². The first kappa shape index (κ1) is 46.5. The number of rotatable bonds is 18. The number of ether oxygens (including phenoxy) is 7. The Morgan fingerprint density at radius 2 is 1.47 bits per heavy atom. The topological polar surface area (TPSA) is 200 Å². The molecule has 1 unspecified atom stereocenters. The number of hydrogen-bond acceptors (Lipinski definition) is 13. The fourth-order valence-corrected chi connectivity index (χ4v) is 4.29. The van der Waals surface area contributed by atoms with Gasteiger partial charge in [0.25, 0.3) is 0 Å². The standard InChI is InChI=1S/C19H27NO7.C12H13NO3.C5H13NO2.CH3F/c1-13(19(23)20-7-8-25-10-9-24-4)11-16-5-6-17(26-14(2)21)18(12-16)27-15(3)22;1-7-3-4-9(5-8(7)2)6-10-11(14)16-12(15)13-10;1-7-4-5-8-3-2-6;1-2/h5-6,12-13H,7-11H2,1-4H3,(H,20,23);3-5,10H,6H2,1-2H3,(H,13,15);2-6H2,1H3;1H3/t;10-;;/m.0../s1/i;;;1D. The van der Waals surface area contributed by atoms with Crippen molar-refractivity contribution in [1.82, 2.24) is 10.6 Å². The van der Waals surface area contributed by atoms with Gasteiger partial charge in [-0.2, -0.15) is 0 Å². The summed E-state index contributed by atoms with van der Waals surface area (Å²) in [4.78, 5) is 56.6. The Labute approximate surface area is 312 Å². The monoisotopic (exact) mass is 754 g/mol. The van der Waals surface area contributed by atoms with Crippen LogP contribution in [0.15, 0.2) is 36.4 Å². The lowest BCUT2D eigenvalue weighted by molar-refractivity contribution is -0.135. The van der Waals surface area contributed by atoms with E-state index in [1.54, 1.807) is 39.3 Å². The SMILES string of the molecule is COCCOCCN.COCCOCCNC(=O)C(C)Cc1ccc(OC(C)=O)c(OC(C)=O)c1.Cc1ccc(C[C@@H]2NC(=O)OC2=O)cc1C.[2H]CF. The van der Waals surface area contributed by atoms with Gasteiger partial charge < -0.3 is 49.5 Å². The van der Waals surface area contributed by atoms with E-state index in [0.29, 0.717) is 65.6 Å². The fraction of sp³-hybridized carbons (Fsp3) is 0.541. The van der Waals surface area contributed by atoms with Gasteiger partial charge in [-0.1, -0.05) is 31.2 Å². The summed E-state index contributed by atoms with van der Waals surface area (Å²) < 4.78 is 49.9. The molecule has 1 heterocycles. The molecule has 1 aliphatic heterocycles. The Kier molecular flexibility index (Phi) is 25.5. The average Bonchev–Trinajstić information content (AvgIpc) is 3.43. The first-order chi connectivity index (χ1) is 25.7. The number of alkyl halides is 1. The first-order valence-corrected chi connectivity index (χ1v) is 16.8. The summed E-state index contributed by atoms with van der Waals surface area (Å²) in [6, 6.07) is 10.3. The third-order valence-electron chi connectivity index (χ3n) is 6.96. The smallest absolute Gasteiger partial charge is 0.415 e.